The topological polar surface area (TPSA) is 95.2 Å². The number of fused-ring (bicyclic) bond motifs is 1. The molecule has 30 heavy (non-hydrogen) atoms. The molecule has 2 heterocycles. The smallest absolute Gasteiger partial charge is 0.223 e. The molecule has 7 nitrogen and oxygen atoms in total. The second-order valence-electron chi connectivity index (χ2n) is 8.67. The first-order chi connectivity index (χ1) is 14.3. The molecule has 1 saturated heterocycles. The van der Waals surface area contributed by atoms with E-state index in [-0.39, 0.29) is 23.6 Å². The van der Waals surface area contributed by atoms with Crippen LogP contribution in [0.2, 0.25) is 0 Å². The van der Waals surface area contributed by atoms with Crippen molar-refractivity contribution in [2.45, 2.75) is 58.9 Å². The number of aromatic amines is 1. The first-order valence-corrected chi connectivity index (χ1v) is 12.6. The molecule has 0 radical (unpaired) electrons. The van der Waals surface area contributed by atoms with E-state index in [4.69, 9.17) is 0 Å². The third kappa shape index (κ3) is 5.60. The minimum atomic E-state index is -3.20. The molecule has 0 spiro atoms. The van der Waals surface area contributed by atoms with E-state index >= 15 is 0 Å². The second-order valence-corrected chi connectivity index (χ2v) is 10.8. The van der Waals surface area contributed by atoms with Crippen molar-refractivity contribution < 1.29 is 13.2 Å². The number of carbonyl (C=O) groups excluding carboxylic acids is 1. The van der Waals surface area contributed by atoms with Gasteiger partial charge < -0.3 is 10.3 Å². The van der Waals surface area contributed by atoms with E-state index in [9.17, 15) is 13.2 Å². The molecular weight excluding hydrogens is 400 g/mol. The van der Waals surface area contributed by atoms with Crippen LogP contribution in [0.4, 0.5) is 0 Å². The number of sulfonamides is 1. The number of piperidine rings is 1. The van der Waals surface area contributed by atoms with Crippen molar-refractivity contribution in [1.82, 2.24) is 19.6 Å². The Morgan fingerprint density at radius 1 is 1.27 bits per heavy atom. The Hall–Kier alpha value is -1.93. The predicted octanol–water partition coefficient (Wildman–Crippen LogP) is 3.61. The fourth-order valence-electron chi connectivity index (χ4n) is 3.99. The van der Waals surface area contributed by atoms with Gasteiger partial charge >= 0.3 is 0 Å². The van der Waals surface area contributed by atoms with Gasteiger partial charge in [0.1, 0.15) is 5.82 Å². The Bertz CT molecular complexity index is 913. The highest BCUT2D eigenvalue weighted by atomic mass is 32.2. The van der Waals surface area contributed by atoms with Crippen molar-refractivity contribution in [2.24, 2.45) is 11.8 Å². The lowest BCUT2D eigenvalue weighted by Crippen LogP contribution is -2.44. The summed E-state index contributed by atoms with van der Waals surface area (Å²) in [5.74, 6) is 1.20. The Kier molecular flexibility index (Phi) is 7.52. The summed E-state index contributed by atoms with van der Waals surface area (Å²) < 4.78 is 26.4. The number of carbonyl (C=O) groups is 1. The maximum Gasteiger partial charge on any atom is 0.223 e. The molecule has 0 aliphatic carbocycles. The Morgan fingerprint density at radius 3 is 2.60 bits per heavy atom. The molecule has 1 atom stereocenters. The highest BCUT2D eigenvalue weighted by molar-refractivity contribution is 7.89. The molecule has 1 unspecified atom stereocenters. The van der Waals surface area contributed by atoms with Crippen LogP contribution < -0.4 is 5.32 Å². The second kappa shape index (κ2) is 9.92. The zero-order chi connectivity index (χ0) is 21.7. The van der Waals surface area contributed by atoms with Crippen molar-refractivity contribution in [3.8, 4) is 0 Å². The summed E-state index contributed by atoms with van der Waals surface area (Å²) in [4.78, 5) is 21.0. The Labute approximate surface area is 179 Å². The third-order valence-corrected chi connectivity index (χ3v) is 7.69. The molecule has 3 rings (SSSR count). The molecule has 166 valence electrons. The van der Waals surface area contributed by atoms with Gasteiger partial charge in [0.2, 0.25) is 15.9 Å². The lowest BCUT2D eigenvalue weighted by Gasteiger charge is -2.31. The number of hydrogen-bond acceptors (Lipinski definition) is 4. The molecular formula is C22H34N4O3S. The summed E-state index contributed by atoms with van der Waals surface area (Å²) in [6.45, 7) is 7.08. The number of unbranched alkanes of at least 4 members (excludes halogenated alkanes) is 1. The van der Waals surface area contributed by atoms with Gasteiger partial charge in [0.15, 0.2) is 0 Å². The highest BCUT2D eigenvalue weighted by Gasteiger charge is 2.32. The monoisotopic (exact) mass is 434 g/mol. The van der Waals surface area contributed by atoms with Crippen molar-refractivity contribution in [3.05, 3.63) is 30.1 Å². The van der Waals surface area contributed by atoms with Crippen LogP contribution in [0.15, 0.2) is 24.3 Å². The zero-order valence-electron chi connectivity index (χ0n) is 18.2. The largest absolute Gasteiger partial charge is 0.346 e. The van der Waals surface area contributed by atoms with Gasteiger partial charge in [-0.2, -0.15) is 0 Å². The molecule has 0 saturated carbocycles. The number of rotatable bonds is 9. The lowest BCUT2D eigenvalue weighted by atomic mass is 9.95. The molecule has 1 amide bonds. The van der Waals surface area contributed by atoms with Crippen LogP contribution in [0.5, 0.6) is 0 Å². The van der Waals surface area contributed by atoms with E-state index in [1.165, 1.54) is 0 Å². The van der Waals surface area contributed by atoms with Crippen molar-refractivity contribution >= 4 is 27.0 Å². The molecule has 1 aromatic heterocycles. The molecule has 2 N–H and O–H groups in total. The predicted molar refractivity (Wildman–Crippen MR) is 119 cm³/mol. The lowest BCUT2D eigenvalue weighted by molar-refractivity contribution is -0.127. The summed E-state index contributed by atoms with van der Waals surface area (Å²) in [6, 6.07) is 7.66. The number of nitrogens with zero attached hydrogens (tertiary/aromatic N) is 2. The molecule has 1 aliphatic rings. The highest BCUT2D eigenvalue weighted by Crippen LogP contribution is 2.25. The summed E-state index contributed by atoms with van der Waals surface area (Å²) in [6.07, 6.45) is 3.45. The summed E-state index contributed by atoms with van der Waals surface area (Å²) >= 11 is 0. The number of para-hydroxylation sites is 2. The average Bonchev–Trinajstić information content (AvgIpc) is 3.16. The normalized spacial score (nSPS) is 17.5. The minimum Gasteiger partial charge on any atom is -0.346 e. The standard InChI is InChI=1S/C22H34N4O3S/c1-4-5-14-30(28,29)26-12-10-17(11-13-26)22(27)25-20(15-16(2)3)21-23-18-8-6-7-9-19(18)24-21/h6-9,16-17,20H,4-5,10-15H2,1-3H3,(H,23,24)(H,25,27). The van der Waals surface area contributed by atoms with Crippen LogP contribution in [0, 0.1) is 11.8 Å². The molecule has 0 bridgehead atoms. The summed E-state index contributed by atoms with van der Waals surface area (Å²) in [7, 11) is -3.20. The first-order valence-electron chi connectivity index (χ1n) is 11.0. The number of benzene rings is 1. The number of hydrogen-bond donors (Lipinski definition) is 2. The van der Waals surface area contributed by atoms with E-state index in [0.717, 1.165) is 29.7 Å². The van der Waals surface area contributed by atoms with Gasteiger partial charge in [-0.1, -0.05) is 39.3 Å². The fourth-order valence-corrected chi connectivity index (χ4v) is 5.67. The van der Waals surface area contributed by atoms with Gasteiger partial charge in [-0.15, -0.1) is 0 Å². The number of imidazole rings is 1. The van der Waals surface area contributed by atoms with Crippen molar-refractivity contribution in [3.63, 3.8) is 0 Å². The number of amides is 1. The average molecular weight is 435 g/mol. The van der Waals surface area contributed by atoms with E-state index in [1.54, 1.807) is 4.31 Å². The maximum absolute atomic E-state index is 13.0. The molecule has 2 aromatic rings. The van der Waals surface area contributed by atoms with E-state index in [1.807, 2.05) is 31.2 Å². The minimum absolute atomic E-state index is 0.00767. The molecule has 1 aromatic carbocycles. The third-order valence-electron chi connectivity index (χ3n) is 5.74. The van der Waals surface area contributed by atoms with Crippen LogP contribution in [-0.4, -0.2) is 47.4 Å². The Balaban J connectivity index is 1.64. The molecule has 1 aliphatic heterocycles. The van der Waals surface area contributed by atoms with Gasteiger partial charge in [-0.05, 0) is 43.7 Å². The number of nitrogens with one attached hydrogen (secondary N) is 2. The van der Waals surface area contributed by atoms with Gasteiger partial charge in [-0.25, -0.2) is 17.7 Å². The van der Waals surface area contributed by atoms with Crippen LogP contribution >= 0.6 is 0 Å². The Morgan fingerprint density at radius 2 is 1.97 bits per heavy atom. The SMILES string of the molecule is CCCCS(=O)(=O)N1CCC(C(=O)NC(CC(C)C)c2nc3ccccc3[nH]2)CC1. The molecule has 8 heteroatoms. The van der Waals surface area contributed by atoms with E-state index in [2.05, 4.69) is 29.1 Å². The summed E-state index contributed by atoms with van der Waals surface area (Å²) in [5, 5.41) is 3.18. The zero-order valence-corrected chi connectivity index (χ0v) is 19.0. The van der Waals surface area contributed by atoms with E-state index < -0.39 is 10.0 Å². The van der Waals surface area contributed by atoms with Gasteiger partial charge in [0, 0.05) is 19.0 Å². The van der Waals surface area contributed by atoms with Gasteiger partial charge in [0.25, 0.3) is 0 Å². The van der Waals surface area contributed by atoms with Crippen LogP contribution in [0.25, 0.3) is 11.0 Å². The fraction of sp³-hybridized carbons (Fsp3) is 0.636. The quantitative estimate of drug-likeness (QED) is 0.630. The van der Waals surface area contributed by atoms with E-state index in [0.29, 0.717) is 38.3 Å². The van der Waals surface area contributed by atoms with Gasteiger partial charge in [-0.3, -0.25) is 4.79 Å². The number of aromatic nitrogens is 2. The first kappa shape index (κ1) is 22.7. The van der Waals surface area contributed by atoms with Crippen LogP contribution in [-0.2, 0) is 14.8 Å². The maximum atomic E-state index is 13.0. The van der Waals surface area contributed by atoms with Crippen LogP contribution in [0.1, 0.15) is 64.7 Å². The van der Waals surface area contributed by atoms with Crippen molar-refractivity contribution in [1.29, 1.82) is 0 Å². The molecule has 1 fully saturated rings. The van der Waals surface area contributed by atoms with Crippen LogP contribution in [0.3, 0.4) is 0 Å². The number of H-pyrrole nitrogens is 1. The van der Waals surface area contributed by atoms with Crippen molar-refractivity contribution in [2.75, 3.05) is 18.8 Å². The summed E-state index contributed by atoms with van der Waals surface area (Å²) in [5.41, 5.74) is 1.85. The van der Waals surface area contributed by atoms with Gasteiger partial charge in [0.05, 0.1) is 22.8 Å².